The monoisotopic (exact) mass is 223 g/mol. The highest BCUT2D eigenvalue weighted by molar-refractivity contribution is 4.92. The lowest BCUT2D eigenvalue weighted by molar-refractivity contribution is -0.00514. The summed E-state index contributed by atoms with van der Waals surface area (Å²) in [7, 11) is 0. The van der Waals surface area contributed by atoms with Crippen LogP contribution in [-0.2, 0) is 4.74 Å². The molecular formula is C14H25NO. The van der Waals surface area contributed by atoms with Crippen LogP contribution in [0.5, 0.6) is 0 Å². The van der Waals surface area contributed by atoms with Crippen LogP contribution in [0.15, 0.2) is 0 Å². The van der Waals surface area contributed by atoms with Crippen LogP contribution in [0.3, 0.4) is 0 Å². The fourth-order valence-corrected chi connectivity index (χ4v) is 3.77. The minimum atomic E-state index is 0.570. The van der Waals surface area contributed by atoms with Gasteiger partial charge in [-0.05, 0) is 44.4 Å². The molecule has 3 aliphatic rings. The van der Waals surface area contributed by atoms with Crippen LogP contribution in [0.25, 0.3) is 0 Å². The lowest BCUT2D eigenvalue weighted by atomic mass is 9.90. The predicted octanol–water partition coefficient (Wildman–Crippen LogP) is 2.87. The Bertz CT molecular complexity index is 213. The molecule has 3 fully saturated rings. The van der Waals surface area contributed by atoms with Gasteiger partial charge >= 0.3 is 0 Å². The minimum absolute atomic E-state index is 0.570. The molecule has 0 aromatic rings. The molecule has 2 aliphatic heterocycles. The van der Waals surface area contributed by atoms with Gasteiger partial charge in [-0.3, -0.25) is 0 Å². The third kappa shape index (κ3) is 2.60. The smallest absolute Gasteiger partial charge is 0.0604 e. The van der Waals surface area contributed by atoms with Crippen molar-refractivity contribution in [3.63, 3.8) is 0 Å². The van der Waals surface area contributed by atoms with Crippen molar-refractivity contribution in [3.05, 3.63) is 0 Å². The molecule has 0 spiro atoms. The Morgan fingerprint density at radius 3 is 2.25 bits per heavy atom. The number of hydrogen-bond donors (Lipinski definition) is 1. The second kappa shape index (κ2) is 5.05. The first-order valence-electron chi connectivity index (χ1n) is 7.28. The zero-order valence-electron chi connectivity index (χ0n) is 10.3. The first kappa shape index (κ1) is 11.0. The SMILES string of the molecule is C1CCC(COC2C[C@H]3CC[C@@H](C2)N3)CC1. The van der Waals surface area contributed by atoms with E-state index in [0.29, 0.717) is 6.10 Å². The molecule has 1 unspecified atom stereocenters. The standard InChI is InChI=1S/C14H25NO/c1-2-4-11(5-3-1)10-16-14-8-12-6-7-13(9-14)15-12/h11-15H,1-10H2/t12-,13+,14?. The van der Waals surface area contributed by atoms with E-state index in [0.717, 1.165) is 24.6 Å². The van der Waals surface area contributed by atoms with E-state index in [-0.39, 0.29) is 0 Å². The van der Waals surface area contributed by atoms with Gasteiger partial charge in [0.25, 0.3) is 0 Å². The molecule has 1 aliphatic carbocycles. The van der Waals surface area contributed by atoms with E-state index in [2.05, 4.69) is 5.32 Å². The maximum Gasteiger partial charge on any atom is 0.0604 e. The van der Waals surface area contributed by atoms with Crippen molar-refractivity contribution in [1.29, 1.82) is 0 Å². The zero-order valence-corrected chi connectivity index (χ0v) is 10.3. The number of nitrogens with one attached hydrogen (secondary N) is 1. The van der Waals surface area contributed by atoms with Crippen molar-refractivity contribution >= 4 is 0 Å². The first-order chi connectivity index (χ1) is 7.90. The van der Waals surface area contributed by atoms with Gasteiger partial charge in [0.1, 0.15) is 0 Å². The van der Waals surface area contributed by atoms with E-state index in [1.54, 1.807) is 0 Å². The molecule has 1 saturated carbocycles. The van der Waals surface area contributed by atoms with Crippen LogP contribution in [0.4, 0.5) is 0 Å². The van der Waals surface area contributed by atoms with Gasteiger partial charge in [0.15, 0.2) is 0 Å². The maximum atomic E-state index is 6.16. The summed E-state index contributed by atoms with van der Waals surface area (Å²) in [6.45, 7) is 1.05. The van der Waals surface area contributed by atoms with Crippen LogP contribution in [-0.4, -0.2) is 24.8 Å². The van der Waals surface area contributed by atoms with E-state index < -0.39 is 0 Å². The molecule has 0 aromatic carbocycles. The predicted molar refractivity (Wildman–Crippen MR) is 65.5 cm³/mol. The molecule has 2 heteroatoms. The van der Waals surface area contributed by atoms with Crippen molar-refractivity contribution < 1.29 is 4.74 Å². The highest BCUT2D eigenvalue weighted by atomic mass is 16.5. The van der Waals surface area contributed by atoms with Gasteiger partial charge in [0.05, 0.1) is 6.10 Å². The Labute approximate surface area is 99.1 Å². The van der Waals surface area contributed by atoms with Crippen LogP contribution in [0.1, 0.15) is 57.8 Å². The number of rotatable bonds is 3. The molecule has 92 valence electrons. The summed E-state index contributed by atoms with van der Waals surface area (Å²) in [6, 6.07) is 1.55. The Morgan fingerprint density at radius 1 is 0.875 bits per heavy atom. The fourth-order valence-electron chi connectivity index (χ4n) is 3.77. The second-order valence-electron chi connectivity index (χ2n) is 6.07. The van der Waals surface area contributed by atoms with Crippen LogP contribution in [0.2, 0.25) is 0 Å². The normalized spacial score (nSPS) is 40.1. The lowest BCUT2D eigenvalue weighted by Gasteiger charge is -2.31. The summed E-state index contributed by atoms with van der Waals surface area (Å²) >= 11 is 0. The Morgan fingerprint density at radius 2 is 1.56 bits per heavy atom. The first-order valence-corrected chi connectivity index (χ1v) is 7.28. The molecule has 2 heterocycles. The summed E-state index contributed by atoms with van der Waals surface area (Å²) in [5.74, 6) is 0.876. The largest absolute Gasteiger partial charge is 0.378 e. The van der Waals surface area contributed by atoms with Gasteiger partial charge in [-0.25, -0.2) is 0 Å². The van der Waals surface area contributed by atoms with E-state index in [1.807, 2.05) is 0 Å². The molecule has 0 radical (unpaired) electrons. The van der Waals surface area contributed by atoms with Gasteiger partial charge in [-0.1, -0.05) is 19.3 Å². The molecule has 0 aromatic heterocycles. The molecule has 16 heavy (non-hydrogen) atoms. The van der Waals surface area contributed by atoms with Crippen LogP contribution < -0.4 is 5.32 Å². The highest BCUT2D eigenvalue weighted by Crippen LogP contribution is 2.30. The summed E-state index contributed by atoms with van der Waals surface area (Å²) in [6.07, 6.45) is 13.0. The third-order valence-electron chi connectivity index (χ3n) is 4.72. The van der Waals surface area contributed by atoms with E-state index in [9.17, 15) is 0 Å². The zero-order chi connectivity index (χ0) is 10.8. The maximum absolute atomic E-state index is 6.16. The Hall–Kier alpha value is -0.0800. The van der Waals surface area contributed by atoms with Crippen LogP contribution in [0, 0.1) is 5.92 Å². The van der Waals surface area contributed by atoms with Crippen molar-refractivity contribution in [2.45, 2.75) is 76.0 Å². The molecule has 3 rings (SSSR count). The molecular weight excluding hydrogens is 198 g/mol. The average molecular weight is 223 g/mol. The lowest BCUT2D eigenvalue weighted by Crippen LogP contribution is -2.41. The molecule has 2 saturated heterocycles. The average Bonchev–Trinajstić information content (AvgIpc) is 2.67. The fraction of sp³-hybridized carbons (Fsp3) is 1.00. The van der Waals surface area contributed by atoms with Gasteiger partial charge in [0.2, 0.25) is 0 Å². The van der Waals surface area contributed by atoms with Gasteiger partial charge < -0.3 is 10.1 Å². The number of piperidine rings is 1. The van der Waals surface area contributed by atoms with Crippen LogP contribution >= 0.6 is 0 Å². The summed E-state index contributed by atoms with van der Waals surface area (Å²) in [5.41, 5.74) is 0. The Kier molecular flexibility index (Phi) is 3.49. The van der Waals surface area contributed by atoms with Gasteiger partial charge in [-0.2, -0.15) is 0 Å². The van der Waals surface area contributed by atoms with Gasteiger partial charge in [0, 0.05) is 18.7 Å². The molecule has 0 amide bonds. The summed E-state index contributed by atoms with van der Waals surface area (Å²) < 4.78 is 6.16. The van der Waals surface area contributed by atoms with Crippen molar-refractivity contribution in [2.75, 3.05) is 6.61 Å². The molecule has 3 atom stereocenters. The van der Waals surface area contributed by atoms with Crippen molar-refractivity contribution in [2.24, 2.45) is 5.92 Å². The molecule has 2 nitrogen and oxygen atoms in total. The number of ether oxygens (including phenoxy) is 1. The summed E-state index contributed by atoms with van der Waals surface area (Å²) in [4.78, 5) is 0. The topological polar surface area (TPSA) is 21.3 Å². The number of hydrogen-bond acceptors (Lipinski definition) is 2. The summed E-state index contributed by atoms with van der Waals surface area (Å²) in [5, 5.41) is 3.68. The minimum Gasteiger partial charge on any atom is -0.378 e. The van der Waals surface area contributed by atoms with Crippen molar-refractivity contribution in [3.8, 4) is 0 Å². The third-order valence-corrected chi connectivity index (χ3v) is 4.72. The van der Waals surface area contributed by atoms with E-state index in [1.165, 1.54) is 57.8 Å². The highest BCUT2D eigenvalue weighted by Gasteiger charge is 2.34. The number of fused-ring (bicyclic) bond motifs is 2. The molecule has 2 bridgehead atoms. The van der Waals surface area contributed by atoms with E-state index >= 15 is 0 Å². The van der Waals surface area contributed by atoms with Crippen molar-refractivity contribution in [1.82, 2.24) is 5.32 Å². The quantitative estimate of drug-likeness (QED) is 0.794. The molecule has 1 N–H and O–H groups in total. The van der Waals surface area contributed by atoms with E-state index in [4.69, 9.17) is 4.74 Å². The Balaban J connectivity index is 1.41. The second-order valence-corrected chi connectivity index (χ2v) is 6.07. The van der Waals surface area contributed by atoms with Gasteiger partial charge in [-0.15, -0.1) is 0 Å².